The van der Waals surface area contributed by atoms with Gasteiger partial charge < -0.3 is 10.1 Å². The average molecular weight is 337 g/mol. The maximum Gasteiger partial charge on any atom is 0.156 e. The summed E-state index contributed by atoms with van der Waals surface area (Å²) in [6.45, 7) is 6.12. The van der Waals surface area contributed by atoms with E-state index < -0.39 is 0 Å². The predicted octanol–water partition coefficient (Wildman–Crippen LogP) is 3.28. The first-order valence-corrected chi connectivity index (χ1v) is 7.01. The van der Waals surface area contributed by atoms with Gasteiger partial charge in [-0.3, -0.25) is 0 Å². The number of benzene rings is 1. The third kappa shape index (κ3) is 2.24. The van der Waals surface area contributed by atoms with Gasteiger partial charge >= 0.3 is 0 Å². The Morgan fingerprint density at radius 2 is 1.85 bits per heavy atom. The zero-order chi connectivity index (χ0) is 14.9. The highest BCUT2D eigenvalue weighted by Crippen LogP contribution is 2.42. The second kappa shape index (κ2) is 5.75. The van der Waals surface area contributed by atoms with Crippen molar-refractivity contribution in [3.63, 3.8) is 0 Å². The Kier molecular flexibility index (Phi) is 4.23. The minimum atomic E-state index is 0.677. The molecule has 0 amide bonds. The molecule has 0 saturated heterocycles. The molecular weight excluding hydrogens is 320 g/mol. The normalized spacial score (nSPS) is 10.5. The average Bonchev–Trinajstić information content (AvgIpc) is 2.48. The fourth-order valence-corrected chi connectivity index (χ4v) is 2.75. The fourth-order valence-electron chi connectivity index (χ4n) is 2.25. The van der Waals surface area contributed by atoms with Crippen LogP contribution < -0.4 is 10.1 Å². The van der Waals surface area contributed by atoms with E-state index in [2.05, 4.69) is 43.4 Å². The summed E-state index contributed by atoms with van der Waals surface area (Å²) in [6, 6.07) is 0. The fraction of sp³-hybridized carbons (Fsp3) is 0.357. The lowest BCUT2D eigenvalue weighted by molar-refractivity contribution is 0.412. The number of rotatable bonds is 3. The van der Waals surface area contributed by atoms with Crippen LogP contribution in [0.25, 0.3) is 11.3 Å². The van der Waals surface area contributed by atoms with Crippen molar-refractivity contribution in [1.82, 2.24) is 15.2 Å². The predicted molar refractivity (Wildman–Crippen MR) is 83.3 cm³/mol. The van der Waals surface area contributed by atoms with E-state index in [9.17, 15) is 0 Å². The van der Waals surface area contributed by atoms with Crippen LogP contribution in [0.5, 0.6) is 5.75 Å². The van der Waals surface area contributed by atoms with Crippen LogP contribution in [0.4, 0.5) is 5.82 Å². The Bertz CT molecular complexity index is 658. The minimum absolute atomic E-state index is 0.677. The third-order valence-electron chi connectivity index (χ3n) is 3.46. The van der Waals surface area contributed by atoms with Gasteiger partial charge in [-0.1, -0.05) is 15.9 Å². The molecule has 20 heavy (non-hydrogen) atoms. The molecule has 0 bridgehead atoms. The van der Waals surface area contributed by atoms with E-state index in [0.717, 1.165) is 32.5 Å². The van der Waals surface area contributed by atoms with Crippen LogP contribution in [0.2, 0.25) is 0 Å². The van der Waals surface area contributed by atoms with Crippen LogP contribution in [0.3, 0.4) is 0 Å². The van der Waals surface area contributed by atoms with Gasteiger partial charge in [0.15, 0.2) is 5.82 Å². The molecule has 1 heterocycles. The summed E-state index contributed by atoms with van der Waals surface area (Å²) in [5.41, 5.74) is 4.89. The summed E-state index contributed by atoms with van der Waals surface area (Å²) >= 11 is 3.64. The molecule has 2 rings (SSSR count). The van der Waals surface area contributed by atoms with Crippen molar-refractivity contribution in [1.29, 1.82) is 0 Å². The van der Waals surface area contributed by atoms with Gasteiger partial charge in [-0.15, -0.1) is 10.2 Å². The molecular formula is C14H17BrN4O. The molecule has 2 aromatic rings. The number of halogens is 1. The largest absolute Gasteiger partial charge is 0.496 e. The highest BCUT2D eigenvalue weighted by atomic mass is 79.9. The molecule has 0 fully saturated rings. The lowest BCUT2D eigenvalue weighted by atomic mass is 9.96. The topological polar surface area (TPSA) is 59.9 Å². The van der Waals surface area contributed by atoms with Gasteiger partial charge in [-0.05, 0) is 37.5 Å². The van der Waals surface area contributed by atoms with Crippen molar-refractivity contribution in [2.75, 3.05) is 19.5 Å². The lowest BCUT2D eigenvalue weighted by Crippen LogP contribution is -2.04. The van der Waals surface area contributed by atoms with Crippen LogP contribution in [-0.4, -0.2) is 29.3 Å². The molecule has 5 nitrogen and oxygen atoms in total. The molecule has 1 aromatic carbocycles. The first-order valence-electron chi connectivity index (χ1n) is 6.21. The Hall–Kier alpha value is -1.69. The van der Waals surface area contributed by atoms with E-state index in [0.29, 0.717) is 11.5 Å². The van der Waals surface area contributed by atoms with Gasteiger partial charge in [0.25, 0.3) is 0 Å². The van der Waals surface area contributed by atoms with E-state index in [-0.39, 0.29) is 0 Å². The Morgan fingerprint density at radius 1 is 1.15 bits per heavy atom. The second-order valence-electron chi connectivity index (χ2n) is 4.50. The van der Waals surface area contributed by atoms with Gasteiger partial charge in [0.2, 0.25) is 0 Å². The maximum atomic E-state index is 5.60. The molecule has 0 aliphatic rings. The van der Waals surface area contributed by atoms with E-state index in [1.807, 2.05) is 20.9 Å². The van der Waals surface area contributed by atoms with Crippen molar-refractivity contribution in [2.45, 2.75) is 20.8 Å². The molecule has 0 aliphatic carbocycles. The summed E-state index contributed by atoms with van der Waals surface area (Å²) in [5.74, 6) is 1.48. The van der Waals surface area contributed by atoms with Gasteiger partial charge in [0.1, 0.15) is 17.8 Å². The van der Waals surface area contributed by atoms with Crippen molar-refractivity contribution in [3.8, 4) is 17.0 Å². The standard InChI is InChI=1S/C14H17BrN4O/c1-7-8(2)13(20-5)10(9(3)11(7)15)12-14(16-4)17-6-18-19-12/h6H,1-5H3,(H,16,17,18). The quantitative estimate of drug-likeness (QED) is 0.931. The number of methoxy groups -OCH3 is 1. The molecule has 0 saturated carbocycles. The van der Waals surface area contributed by atoms with E-state index >= 15 is 0 Å². The molecule has 1 aromatic heterocycles. The number of anilines is 1. The summed E-state index contributed by atoms with van der Waals surface area (Å²) in [7, 11) is 3.48. The first-order chi connectivity index (χ1) is 9.52. The smallest absolute Gasteiger partial charge is 0.156 e. The van der Waals surface area contributed by atoms with Crippen molar-refractivity contribution < 1.29 is 4.74 Å². The number of hydrogen-bond donors (Lipinski definition) is 1. The van der Waals surface area contributed by atoms with Crippen LogP contribution in [0.1, 0.15) is 16.7 Å². The Labute approximate surface area is 126 Å². The van der Waals surface area contributed by atoms with E-state index in [1.54, 1.807) is 7.11 Å². The molecule has 0 radical (unpaired) electrons. The van der Waals surface area contributed by atoms with Crippen LogP contribution in [0.15, 0.2) is 10.8 Å². The number of nitrogens with zero attached hydrogens (tertiary/aromatic N) is 3. The van der Waals surface area contributed by atoms with Crippen molar-refractivity contribution in [2.24, 2.45) is 0 Å². The summed E-state index contributed by atoms with van der Waals surface area (Å²) in [4.78, 5) is 4.22. The minimum Gasteiger partial charge on any atom is -0.496 e. The number of hydrogen-bond acceptors (Lipinski definition) is 5. The second-order valence-corrected chi connectivity index (χ2v) is 5.30. The highest BCUT2D eigenvalue weighted by molar-refractivity contribution is 9.10. The van der Waals surface area contributed by atoms with Crippen molar-refractivity contribution >= 4 is 21.7 Å². The van der Waals surface area contributed by atoms with Crippen LogP contribution >= 0.6 is 15.9 Å². The maximum absolute atomic E-state index is 5.60. The van der Waals surface area contributed by atoms with E-state index in [4.69, 9.17) is 4.74 Å². The van der Waals surface area contributed by atoms with Gasteiger partial charge in [-0.2, -0.15) is 0 Å². The van der Waals surface area contributed by atoms with Crippen LogP contribution in [0, 0.1) is 20.8 Å². The zero-order valence-electron chi connectivity index (χ0n) is 12.2. The zero-order valence-corrected chi connectivity index (χ0v) is 13.8. The summed E-state index contributed by atoms with van der Waals surface area (Å²) in [6.07, 6.45) is 1.42. The van der Waals surface area contributed by atoms with Gasteiger partial charge in [0, 0.05) is 11.5 Å². The SMILES string of the molecule is CNc1ncnnc1-c1c(C)c(Br)c(C)c(C)c1OC. The number of nitrogens with one attached hydrogen (secondary N) is 1. The monoisotopic (exact) mass is 336 g/mol. The van der Waals surface area contributed by atoms with Crippen molar-refractivity contribution in [3.05, 3.63) is 27.5 Å². The molecule has 0 aliphatic heterocycles. The molecule has 106 valence electrons. The highest BCUT2D eigenvalue weighted by Gasteiger charge is 2.21. The van der Waals surface area contributed by atoms with Crippen LogP contribution in [-0.2, 0) is 0 Å². The molecule has 1 N–H and O–H groups in total. The van der Waals surface area contributed by atoms with Gasteiger partial charge in [0.05, 0.1) is 12.7 Å². The number of aromatic nitrogens is 3. The first kappa shape index (κ1) is 14.7. The van der Waals surface area contributed by atoms with E-state index in [1.165, 1.54) is 6.33 Å². The summed E-state index contributed by atoms with van der Waals surface area (Å²) < 4.78 is 6.66. The lowest BCUT2D eigenvalue weighted by Gasteiger charge is -2.19. The summed E-state index contributed by atoms with van der Waals surface area (Å²) in [5, 5.41) is 11.2. The Balaban J connectivity index is 2.86. The molecule has 0 spiro atoms. The molecule has 6 heteroatoms. The number of ether oxygens (including phenoxy) is 1. The van der Waals surface area contributed by atoms with Gasteiger partial charge in [-0.25, -0.2) is 4.98 Å². The Morgan fingerprint density at radius 3 is 2.45 bits per heavy atom. The molecule has 0 unspecified atom stereocenters. The third-order valence-corrected chi connectivity index (χ3v) is 4.65. The molecule has 0 atom stereocenters.